The van der Waals surface area contributed by atoms with Crippen molar-refractivity contribution in [3.63, 3.8) is 0 Å². The monoisotopic (exact) mass is 411 g/mol. The maximum atomic E-state index is 5.68. The minimum atomic E-state index is 0.500. The summed E-state index contributed by atoms with van der Waals surface area (Å²) in [5, 5.41) is 3.03. The molecule has 0 aliphatic rings. The summed E-state index contributed by atoms with van der Waals surface area (Å²) in [6, 6.07) is 3.89. The van der Waals surface area contributed by atoms with Crippen molar-refractivity contribution < 1.29 is 4.74 Å². The van der Waals surface area contributed by atoms with Crippen LogP contribution < -0.4 is 10.1 Å². The van der Waals surface area contributed by atoms with E-state index in [1.54, 1.807) is 0 Å². The van der Waals surface area contributed by atoms with Gasteiger partial charge in [0.05, 0.1) is 8.95 Å². The quantitative estimate of drug-likeness (QED) is 0.733. The van der Waals surface area contributed by atoms with Crippen molar-refractivity contribution in [2.45, 2.75) is 0 Å². The molecule has 0 aliphatic heterocycles. The average molecular weight is 414 g/mol. The molecular formula is C11H12Br3NO. The van der Waals surface area contributed by atoms with Gasteiger partial charge in [-0.1, -0.05) is 22.5 Å². The molecule has 0 amide bonds. The Labute approximate surface area is 121 Å². The molecular weight excluding hydrogens is 402 g/mol. The third-order valence-electron chi connectivity index (χ3n) is 1.81. The van der Waals surface area contributed by atoms with E-state index in [1.165, 1.54) is 0 Å². The number of hydrogen-bond donors (Lipinski definition) is 1. The van der Waals surface area contributed by atoms with Gasteiger partial charge in [-0.25, -0.2) is 0 Å². The summed E-state index contributed by atoms with van der Waals surface area (Å²) >= 11 is 10.3. The van der Waals surface area contributed by atoms with Gasteiger partial charge in [0.15, 0.2) is 0 Å². The van der Waals surface area contributed by atoms with E-state index in [0.29, 0.717) is 6.61 Å². The normalized spacial score (nSPS) is 10.2. The van der Waals surface area contributed by atoms with E-state index in [4.69, 9.17) is 4.74 Å². The lowest BCUT2D eigenvalue weighted by Crippen LogP contribution is -2.14. The molecule has 0 unspecified atom stereocenters. The Morgan fingerprint density at radius 2 is 1.88 bits per heavy atom. The first-order valence-electron chi connectivity index (χ1n) is 4.63. The van der Waals surface area contributed by atoms with Crippen molar-refractivity contribution in [2.75, 3.05) is 20.2 Å². The van der Waals surface area contributed by atoms with Crippen molar-refractivity contribution >= 4 is 47.8 Å². The Balaban J connectivity index is 2.70. The predicted octanol–water partition coefficient (Wildman–Crippen LogP) is 4.13. The second-order valence-corrected chi connectivity index (χ2v) is 5.89. The van der Waals surface area contributed by atoms with Crippen LogP contribution >= 0.6 is 47.8 Å². The van der Waals surface area contributed by atoms with Crippen LogP contribution in [0.25, 0.3) is 0 Å². The second kappa shape index (κ2) is 6.79. The van der Waals surface area contributed by atoms with Gasteiger partial charge in [-0.05, 0) is 56.6 Å². The molecule has 5 heteroatoms. The lowest BCUT2D eigenvalue weighted by molar-refractivity contribution is 0.345. The zero-order valence-corrected chi connectivity index (χ0v) is 13.6. The molecule has 0 aromatic heterocycles. The zero-order valence-electron chi connectivity index (χ0n) is 8.82. The molecule has 1 aromatic carbocycles. The van der Waals surface area contributed by atoms with E-state index in [0.717, 1.165) is 31.3 Å². The second-order valence-electron chi connectivity index (χ2n) is 3.27. The highest BCUT2D eigenvalue weighted by Crippen LogP contribution is 2.36. The van der Waals surface area contributed by atoms with E-state index >= 15 is 0 Å². The summed E-state index contributed by atoms with van der Waals surface area (Å²) in [5.41, 5.74) is 1.00. The molecule has 0 heterocycles. The van der Waals surface area contributed by atoms with Crippen LogP contribution in [0.15, 0.2) is 37.7 Å². The number of hydrogen-bond acceptors (Lipinski definition) is 2. The largest absolute Gasteiger partial charge is 0.487 e. The molecule has 2 nitrogen and oxygen atoms in total. The molecule has 0 bridgehead atoms. The van der Waals surface area contributed by atoms with E-state index < -0.39 is 0 Å². The van der Waals surface area contributed by atoms with E-state index in [1.807, 2.05) is 19.2 Å². The fourth-order valence-corrected chi connectivity index (χ4v) is 3.63. The van der Waals surface area contributed by atoms with Gasteiger partial charge < -0.3 is 10.1 Å². The van der Waals surface area contributed by atoms with Gasteiger partial charge in [0.2, 0.25) is 0 Å². The Bertz CT molecular complexity index is 370. The number of rotatable bonds is 5. The molecule has 0 atom stereocenters. The third-order valence-corrected chi connectivity index (χ3v) is 3.45. The summed E-state index contributed by atoms with van der Waals surface area (Å²) in [5.74, 6) is 0.792. The standard InChI is InChI=1S/C11H12Br3NO/c1-7(5-15-2)6-16-11-9(13)3-8(12)4-10(11)14/h3-4,15H,1,5-6H2,2H3. The molecule has 0 aliphatic carbocycles. The number of halogens is 3. The zero-order chi connectivity index (χ0) is 12.1. The lowest BCUT2D eigenvalue weighted by atomic mass is 10.3. The van der Waals surface area contributed by atoms with E-state index in [9.17, 15) is 0 Å². The smallest absolute Gasteiger partial charge is 0.148 e. The number of likely N-dealkylation sites (N-methyl/N-ethyl adjacent to an activating group) is 1. The molecule has 0 fully saturated rings. The maximum Gasteiger partial charge on any atom is 0.148 e. The highest BCUT2D eigenvalue weighted by Gasteiger charge is 2.08. The van der Waals surface area contributed by atoms with E-state index in [2.05, 4.69) is 59.7 Å². The van der Waals surface area contributed by atoms with Crippen LogP contribution in [-0.2, 0) is 0 Å². The van der Waals surface area contributed by atoms with Crippen LogP contribution in [0, 0.1) is 0 Å². The number of ether oxygens (including phenoxy) is 1. The topological polar surface area (TPSA) is 21.3 Å². The molecule has 0 spiro atoms. The minimum absolute atomic E-state index is 0.500. The third kappa shape index (κ3) is 4.20. The van der Waals surface area contributed by atoms with Crippen molar-refractivity contribution in [3.05, 3.63) is 37.7 Å². The van der Waals surface area contributed by atoms with Crippen LogP contribution in [0.5, 0.6) is 5.75 Å². The van der Waals surface area contributed by atoms with Gasteiger partial charge in [-0.15, -0.1) is 0 Å². The van der Waals surface area contributed by atoms with Gasteiger partial charge in [0.1, 0.15) is 12.4 Å². The SMILES string of the molecule is C=C(CNC)COc1c(Br)cc(Br)cc1Br. The molecule has 88 valence electrons. The number of nitrogens with one attached hydrogen (secondary N) is 1. The molecule has 0 saturated carbocycles. The highest BCUT2D eigenvalue weighted by atomic mass is 79.9. The first kappa shape index (κ1) is 14.2. The fraction of sp³-hybridized carbons (Fsp3) is 0.273. The first-order chi connectivity index (χ1) is 7.54. The number of benzene rings is 1. The molecule has 0 saturated heterocycles. The van der Waals surface area contributed by atoms with Gasteiger partial charge in [0.25, 0.3) is 0 Å². The Kier molecular flexibility index (Phi) is 6.03. The van der Waals surface area contributed by atoms with Gasteiger partial charge >= 0.3 is 0 Å². The predicted molar refractivity (Wildman–Crippen MR) is 78.1 cm³/mol. The maximum absolute atomic E-state index is 5.68. The summed E-state index contributed by atoms with van der Waals surface area (Å²) in [6.07, 6.45) is 0. The van der Waals surface area contributed by atoms with Crippen LogP contribution in [-0.4, -0.2) is 20.2 Å². The summed E-state index contributed by atoms with van der Waals surface area (Å²) in [4.78, 5) is 0. The van der Waals surface area contributed by atoms with Crippen molar-refractivity contribution in [3.8, 4) is 5.75 Å². The van der Waals surface area contributed by atoms with Gasteiger partial charge in [0, 0.05) is 11.0 Å². The highest BCUT2D eigenvalue weighted by molar-refractivity contribution is 9.11. The van der Waals surface area contributed by atoms with E-state index in [-0.39, 0.29) is 0 Å². The van der Waals surface area contributed by atoms with Crippen LogP contribution in [0.4, 0.5) is 0 Å². The van der Waals surface area contributed by atoms with Crippen LogP contribution in [0.2, 0.25) is 0 Å². The lowest BCUT2D eigenvalue weighted by Gasteiger charge is -2.12. The minimum Gasteiger partial charge on any atom is -0.487 e. The van der Waals surface area contributed by atoms with Gasteiger partial charge in [-0.3, -0.25) is 0 Å². The van der Waals surface area contributed by atoms with Crippen molar-refractivity contribution in [2.24, 2.45) is 0 Å². The Morgan fingerprint density at radius 3 is 2.38 bits per heavy atom. The first-order valence-corrected chi connectivity index (χ1v) is 7.01. The molecule has 0 radical (unpaired) electrons. The molecule has 1 aromatic rings. The summed E-state index contributed by atoms with van der Waals surface area (Å²) < 4.78 is 8.49. The molecule has 16 heavy (non-hydrogen) atoms. The Hall–Kier alpha value is 0.160. The van der Waals surface area contributed by atoms with Crippen LogP contribution in [0.1, 0.15) is 0 Å². The van der Waals surface area contributed by atoms with Crippen molar-refractivity contribution in [1.82, 2.24) is 5.32 Å². The fourth-order valence-electron chi connectivity index (χ4n) is 1.14. The average Bonchev–Trinajstić information content (AvgIpc) is 2.16. The van der Waals surface area contributed by atoms with Gasteiger partial charge in [-0.2, -0.15) is 0 Å². The van der Waals surface area contributed by atoms with Crippen molar-refractivity contribution in [1.29, 1.82) is 0 Å². The Morgan fingerprint density at radius 1 is 1.31 bits per heavy atom. The molecule has 1 rings (SSSR count). The van der Waals surface area contributed by atoms with Crippen LogP contribution in [0.3, 0.4) is 0 Å². The summed E-state index contributed by atoms with van der Waals surface area (Å²) in [7, 11) is 1.89. The summed E-state index contributed by atoms with van der Waals surface area (Å²) in [6.45, 7) is 5.16. The molecule has 1 N–H and O–H groups in total.